The molecular weight excluding hydrogens is 466 g/mol. The molecule has 0 spiro atoms. The molecule has 0 bridgehead atoms. The van der Waals surface area contributed by atoms with E-state index in [9.17, 15) is 0 Å². The molecule has 0 unspecified atom stereocenters. The summed E-state index contributed by atoms with van der Waals surface area (Å²) in [5.74, 6) is 1.78. The first kappa shape index (κ1) is 20.8. The van der Waals surface area contributed by atoms with Gasteiger partial charge in [-0.05, 0) is 29.0 Å². The van der Waals surface area contributed by atoms with E-state index in [1.165, 1.54) is 0 Å². The van der Waals surface area contributed by atoms with Crippen molar-refractivity contribution in [2.24, 2.45) is 0 Å². The molecule has 4 nitrogen and oxygen atoms in total. The van der Waals surface area contributed by atoms with Gasteiger partial charge in [-0.2, -0.15) is 0 Å². The Morgan fingerprint density at radius 3 is 2.06 bits per heavy atom. The van der Waals surface area contributed by atoms with Crippen molar-refractivity contribution in [3.63, 3.8) is 0 Å². The standard InChI is InChI=1S/C31H18ClN3O/c32-26-18-21(17-25-23-14-6-7-16-27(23)36-28(25)26)30-33-29(20-10-2-1-3-11-20)34-31(35-30)24-15-8-12-19-9-4-5-13-22(19)24/h1-18H. The van der Waals surface area contributed by atoms with Crippen molar-refractivity contribution in [2.45, 2.75) is 0 Å². The van der Waals surface area contributed by atoms with Crippen molar-refractivity contribution < 1.29 is 4.42 Å². The predicted molar refractivity (Wildman–Crippen MR) is 146 cm³/mol. The molecule has 5 heteroatoms. The predicted octanol–water partition coefficient (Wildman–Crippen LogP) is 8.58. The van der Waals surface area contributed by atoms with Crippen LogP contribution in [-0.4, -0.2) is 15.0 Å². The Morgan fingerprint density at radius 2 is 1.19 bits per heavy atom. The molecule has 2 aromatic heterocycles. The molecule has 0 amide bonds. The van der Waals surface area contributed by atoms with Gasteiger partial charge < -0.3 is 4.42 Å². The third-order valence-electron chi connectivity index (χ3n) is 6.39. The number of benzene rings is 5. The Kier molecular flexibility index (Phi) is 4.79. The topological polar surface area (TPSA) is 51.8 Å². The van der Waals surface area contributed by atoms with Gasteiger partial charge >= 0.3 is 0 Å². The zero-order valence-electron chi connectivity index (χ0n) is 19.0. The molecule has 7 aromatic rings. The number of rotatable bonds is 3. The van der Waals surface area contributed by atoms with Gasteiger partial charge in [0.2, 0.25) is 0 Å². The first-order valence-electron chi connectivity index (χ1n) is 11.7. The number of aromatic nitrogens is 3. The van der Waals surface area contributed by atoms with Crippen LogP contribution in [0.5, 0.6) is 0 Å². The number of para-hydroxylation sites is 1. The second-order valence-corrected chi connectivity index (χ2v) is 9.04. The zero-order chi connectivity index (χ0) is 24.1. The molecule has 2 heterocycles. The van der Waals surface area contributed by atoms with Crippen LogP contribution in [0.2, 0.25) is 5.02 Å². The van der Waals surface area contributed by atoms with E-state index in [4.69, 9.17) is 31.0 Å². The lowest BCUT2D eigenvalue weighted by atomic mass is 10.0. The van der Waals surface area contributed by atoms with Gasteiger partial charge in [0, 0.05) is 27.5 Å². The highest BCUT2D eigenvalue weighted by Gasteiger charge is 2.17. The average Bonchev–Trinajstić information content (AvgIpc) is 3.32. The zero-order valence-corrected chi connectivity index (χ0v) is 19.8. The Hall–Kier alpha value is -4.54. The van der Waals surface area contributed by atoms with Crippen LogP contribution in [0, 0.1) is 0 Å². The highest BCUT2D eigenvalue weighted by Crippen LogP contribution is 2.37. The quantitative estimate of drug-likeness (QED) is 0.252. The minimum Gasteiger partial charge on any atom is -0.454 e. The Labute approximate surface area is 211 Å². The van der Waals surface area contributed by atoms with Crippen LogP contribution >= 0.6 is 11.6 Å². The Bertz CT molecular complexity index is 1910. The number of nitrogens with zero attached hydrogens (tertiary/aromatic N) is 3. The summed E-state index contributed by atoms with van der Waals surface area (Å²) in [6, 6.07) is 36.2. The van der Waals surface area contributed by atoms with Crippen molar-refractivity contribution in [1.82, 2.24) is 15.0 Å². The second-order valence-electron chi connectivity index (χ2n) is 8.63. The Morgan fingerprint density at radius 1 is 0.528 bits per heavy atom. The minimum atomic E-state index is 0.520. The Balaban J connectivity index is 1.51. The summed E-state index contributed by atoms with van der Waals surface area (Å²) in [5.41, 5.74) is 4.13. The smallest absolute Gasteiger partial charge is 0.164 e. The third kappa shape index (κ3) is 3.43. The lowest BCUT2D eigenvalue weighted by Crippen LogP contribution is -2.00. The molecule has 7 rings (SSSR count). The van der Waals surface area contributed by atoms with E-state index in [1.807, 2.05) is 84.9 Å². The molecule has 0 fully saturated rings. The summed E-state index contributed by atoms with van der Waals surface area (Å²) < 4.78 is 6.02. The maximum atomic E-state index is 6.71. The summed E-state index contributed by atoms with van der Waals surface area (Å²) >= 11 is 6.71. The molecule has 0 saturated heterocycles. The highest BCUT2D eigenvalue weighted by atomic mass is 35.5. The molecule has 0 saturated carbocycles. The molecule has 0 aliphatic carbocycles. The first-order valence-corrected chi connectivity index (χ1v) is 12.0. The van der Waals surface area contributed by atoms with Crippen molar-refractivity contribution in [3.05, 3.63) is 114 Å². The maximum Gasteiger partial charge on any atom is 0.164 e. The summed E-state index contributed by atoms with van der Waals surface area (Å²) in [4.78, 5) is 14.7. The van der Waals surface area contributed by atoms with Crippen LogP contribution in [0.3, 0.4) is 0 Å². The van der Waals surface area contributed by atoms with E-state index in [0.29, 0.717) is 28.1 Å². The molecule has 36 heavy (non-hydrogen) atoms. The number of halogens is 1. The maximum absolute atomic E-state index is 6.71. The van der Waals surface area contributed by atoms with E-state index in [1.54, 1.807) is 0 Å². The fourth-order valence-corrected chi connectivity index (χ4v) is 4.93. The van der Waals surface area contributed by atoms with Crippen molar-refractivity contribution in [2.75, 3.05) is 0 Å². The van der Waals surface area contributed by atoms with Crippen LogP contribution in [0.4, 0.5) is 0 Å². The first-order chi connectivity index (χ1) is 17.7. The van der Waals surface area contributed by atoms with Gasteiger partial charge in [0.1, 0.15) is 5.58 Å². The average molecular weight is 484 g/mol. The largest absolute Gasteiger partial charge is 0.454 e. The van der Waals surface area contributed by atoms with Crippen molar-refractivity contribution in [1.29, 1.82) is 0 Å². The molecule has 0 atom stereocenters. The van der Waals surface area contributed by atoms with Gasteiger partial charge in [-0.15, -0.1) is 0 Å². The fourth-order valence-electron chi connectivity index (χ4n) is 4.68. The summed E-state index contributed by atoms with van der Waals surface area (Å²) in [5, 5.41) is 4.68. The van der Waals surface area contributed by atoms with E-state index in [0.717, 1.165) is 43.8 Å². The molecule has 0 aliphatic heterocycles. The van der Waals surface area contributed by atoms with Crippen LogP contribution in [-0.2, 0) is 0 Å². The van der Waals surface area contributed by atoms with Gasteiger partial charge in [0.15, 0.2) is 23.1 Å². The molecule has 0 N–H and O–H groups in total. The van der Waals surface area contributed by atoms with Crippen LogP contribution in [0.1, 0.15) is 0 Å². The van der Waals surface area contributed by atoms with Crippen molar-refractivity contribution in [3.8, 4) is 34.2 Å². The molecule has 0 aliphatic rings. The molecule has 170 valence electrons. The lowest BCUT2D eigenvalue weighted by Gasteiger charge is -2.10. The monoisotopic (exact) mass is 483 g/mol. The van der Waals surface area contributed by atoms with Gasteiger partial charge in [0.05, 0.1) is 5.02 Å². The fraction of sp³-hybridized carbons (Fsp3) is 0. The van der Waals surface area contributed by atoms with E-state index >= 15 is 0 Å². The van der Waals surface area contributed by atoms with Crippen LogP contribution < -0.4 is 0 Å². The van der Waals surface area contributed by atoms with Gasteiger partial charge in [-0.25, -0.2) is 15.0 Å². The molecule has 5 aromatic carbocycles. The van der Waals surface area contributed by atoms with Gasteiger partial charge in [-0.1, -0.05) is 103 Å². The summed E-state index contributed by atoms with van der Waals surface area (Å²) in [7, 11) is 0. The number of hydrogen-bond donors (Lipinski definition) is 0. The second kappa shape index (κ2) is 8.29. The molecule has 0 radical (unpaired) electrons. The highest BCUT2D eigenvalue weighted by molar-refractivity contribution is 6.36. The van der Waals surface area contributed by atoms with Crippen LogP contribution in [0.15, 0.2) is 114 Å². The van der Waals surface area contributed by atoms with Crippen LogP contribution in [0.25, 0.3) is 66.9 Å². The van der Waals surface area contributed by atoms with Crippen molar-refractivity contribution >= 4 is 44.3 Å². The SMILES string of the molecule is Clc1cc(-c2nc(-c3ccccc3)nc(-c3cccc4ccccc34)n2)cc2c1oc1ccccc12. The minimum absolute atomic E-state index is 0.520. The molecular formula is C31H18ClN3O. The van der Waals surface area contributed by atoms with E-state index < -0.39 is 0 Å². The normalized spacial score (nSPS) is 11.5. The number of furan rings is 1. The van der Waals surface area contributed by atoms with Gasteiger partial charge in [0.25, 0.3) is 0 Å². The van der Waals surface area contributed by atoms with Gasteiger partial charge in [-0.3, -0.25) is 0 Å². The summed E-state index contributed by atoms with van der Waals surface area (Å²) in [6.45, 7) is 0. The van der Waals surface area contributed by atoms with E-state index in [-0.39, 0.29) is 0 Å². The summed E-state index contributed by atoms with van der Waals surface area (Å²) in [6.07, 6.45) is 0. The van der Waals surface area contributed by atoms with E-state index in [2.05, 4.69) is 24.3 Å². The lowest BCUT2D eigenvalue weighted by molar-refractivity contribution is 0.669. The third-order valence-corrected chi connectivity index (χ3v) is 6.67. The number of hydrogen-bond acceptors (Lipinski definition) is 4. The number of fused-ring (bicyclic) bond motifs is 4.